The Hall–Kier alpha value is -1.34. The van der Waals surface area contributed by atoms with Crippen molar-refractivity contribution in [2.75, 3.05) is 0 Å². The van der Waals surface area contributed by atoms with Gasteiger partial charge in [0.05, 0.1) is 5.56 Å². The molecular formula is C13H8BrF3O2S. The lowest BCUT2D eigenvalue weighted by Crippen LogP contribution is -2.03. The van der Waals surface area contributed by atoms with Crippen molar-refractivity contribution in [1.82, 2.24) is 0 Å². The number of carbonyl (C=O) groups is 1. The summed E-state index contributed by atoms with van der Waals surface area (Å²) < 4.78 is 37.4. The van der Waals surface area contributed by atoms with Crippen molar-refractivity contribution < 1.29 is 23.1 Å². The topological polar surface area (TPSA) is 37.3 Å². The van der Waals surface area contributed by atoms with Crippen LogP contribution in [0.3, 0.4) is 0 Å². The van der Waals surface area contributed by atoms with Gasteiger partial charge in [0, 0.05) is 10.2 Å². The predicted octanol–water partition coefficient (Wildman–Crippen LogP) is 5.03. The zero-order chi connectivity index (χ0) is 14.9. The van der Waals surface area contributed by atoms with E-state index in [9.17, 15) is 18.0 Å². The Morgan fingerprint density at radius 2 is 1.85 bits per heavy atom. The summed E-state index contributed by atoms with van der Waals surface area (Å²) in [5.74, 6) is -1.04. The van der Waals surface area contributed by atoms with Crippen LogP contribution in [-0.4, -0.2) is 11.1 Å². The van der Waals surface area contributed by atoms with Crippen LogP contribution in [0, 0.1) is 0 Å². The van der Waals surface area contributed by atoms with E-state index >= 15 is 0 Å². The molecule has 106 valence electrons. The fraction of sp³-hybridized carbons (Fsp3) is 0.154. The molecule has 1 heterocycles. The lowest BCUT2D eigenvalue weighted by atomic mass is 10.1. The summed E-state index contributed by atoms with van der Waals surface area (Å²) in [6, 6.07) is 6.34. The summed E-state index contributed by atoms with van der Waals surface area (Å²) >= 11 is 4.24. The van der Waals surface area contributed by atoms with Crippen LogP contribution >= 0.6 is 27.3 Å². The van der Waals surface area contributed by atoms with E-state index in [1.54, 1.807) is 6.07 Å². The lowest BCUT2D eigenvalue weighted by Gasteiger charge is -2.06. The Morgan fingerprint density at radius 1 is 1.25 bits per heavy atom. The highest BCUT2D eigenvalue weighted by molar-refractivity contribution is 9.08. The summed E-state index contributed by atoms with van der Waals surface area (Å²) in [4.78, 5) is 11.9. The Kier molecular flexibility index (Phi) is 4.19. The molecule has 0 aliphatic heterocycles. The van der Waals surface area contributed by atoms with Gasteiger partial charge in [0.2, 0.25) is 0 Å². The third-order valence-electron chi connectivity index (χ3n) is 2.64. The van der Waals surface area contributed by atoms with Crippen LogP contribution in [0.2, 0.25) is 0 Å². The SMILES string of the molecule is O=C(O)c1sc(-c2ccc(C(F)(F)F)cc2)cc1CBr. The first-order valence-corrected chi connectivity index (χ1v) is 7.36. The van der Waals surface area contributed by atoms with Gasteiger partial charge in [-0.1, -0.05) is 28.1 Å². The van der Waals surface area contributed by atoms with E-state index in [-0.39, 0.29) is 4.88 Å². The maximum absolute atomic E-state index is 12.5. The molecule has 0 saturated heterocycles. The zero-order valence-corrected chi connectivity index (χ0v) is 12.3. The van der Waals surface area contributed by atoms with Gasteiger partial charge in [-0.25, -0.2) is 4.79 Å². The van der Waals surface area contributed by atoms with Gasteiger partial charge in [0.25, 0.3) is 0 Å². The number of alkyl halides is 4. The first-order valence-electron chi connectivity index (χ1n) is 5.42. The van der Waals surface area contributed by atoms with Gasteiger partial charge in [0.1, 0.15) is 4.88 Å². The first kappa shape index (κ1) is 15.1. The Balaban J connectivity index is 2.39. The molecule has 0 unspecified atom stereocenters. The van der Waals surface area contributed by atoms with Crippen LogP contribution < -0.4 is 0 Å². The van der Waals surface area contributed by atoms with Gasteiger partial charge in [0.15, 0.2) is 0 Å². The highest BCUT2D eigenvalue weighted by atomic mass is 79.9. The average Bonchev–Trinajstić information content (AvgIpc) is 2.82. The molecule has 2 rings (SSSR count). The van der Waals surface area contributed by atoms with Gasteiger partial charge < -0.3 is 5.11 Å². The number of halogens is 4. The van der Waals surface area contributed by atoms with Crippen LogP contribution in [0.5, 0.6) is 0 Å². The molecule has 1 aromatic heterocycles. The maximum atomic E-state index is 12.5. The van der Waals surface area contributed by atoms with Gasteiger partial charge >= 0.3 is 12.1 Å². The van der Waals surface area contributed by atoms with Crippen LogP contribution in [-0.2, 0) is 11.5 Å². The quantitative estimate of drug-likeness (QED) is 0.775. The minimum atomic E-state index is -4.37. The smallest absolute Gasteiger partial charge is 0.416 e. The van der Waals surface area contributed by atoms with E-state index < -0.39 is 17.7 Å². The molecule has 0 spiro atoms. The molecule has 1 N–H and O–H groups in total. The third kappa shape index (κ3) is 3.04. The summed E-state index contributed by atoms with van der Waals surface area (Å²) in [7, 11) is 0. The number of benzene rings is 1. The van der Waals surface area contributed by atoms with Crippen molar-refractivity contribution in [1.29, 1.82) is 0 Å². The van der Waals surface area contributed by atoms with Gasteiger partial charge in [-0.05, 0) is 29.3 Å². The molecule has 0 fully saturated rings. The lowest BCUT2D eigenvalue weighted by molar-refractivity contribution is -0.137. The molecule has 1 aromatic carbocycles. The van der Waals surface area contributed by atoms with Crippen molar-refractivity contribution in [3.63, 3.8) is 0 Å². The molecule has 0 atom stereocenters. The van der Waals surface area contributed by atoms with E-state index in [0.29, 0.717) is 21.3 Å². The Bertz CT molecular complexity index is 632. The second kappa shape index (κ2) is 5.57. The summed E-state index contributed by atoms with van der Waals surface area (Å²) in [5.41, 5.74) is 0.451. The number of aromatic carboxylic acids is 1. The van der Waals surface area contributed by atoms with Crippen LogP contribution in [0.4, 0.5) is 13.2 Å². The molecule has 2 aromatic rings. The normalized spacial score (nSPS) is 11.6. The average molecular weight is 365 g/mol. The van der Waals surface area contributed by atoms with Crippen molar-refractivity contribution in [2.24, 2.45) is 0 Å². The van der Waals surface area contributed by atoms with Crippen LogP contribution in [0.25, 0.3) is 10.4 Å². The highest BCUT2D eigenvalue weighted by Crippen LogP contribution is 2.35. The van der Waals surface area contributed by atoms with Crippen LogP contribution in [0.1, 0.15) is 20.8 Å². The minimum absolute atomic E-state index is 0.191. The highest BCUT2D eigenvalue weighted by Gasteiger charge is 2.30. The molecule has 20 heavy (non-hydrogen) atoms. The number of rotatable bonds is 3. The number of hydrogen-bond acceptors (Lipinski definition) is 2. The van der Waals surface area contributed by atoms with Crippen molar-refractivity contribution in [3.05, 3.63) is 46.3 Å². The van der Waals surface area contributed by atoms with Gasteiger partial charge in [-0.3, -0.25) is 0 Å². The third-order valence-corrected chi connectivity index (χ3v) is 4.46. The minimum Gasteiger partial charge on any atom is -0.477 e. The largest absolute Gasteiger partial charge is 0.477 e. The number of hydrogen-bond donors (Lipinski definition) is 1. The summed E-state index contributed by atoms with van der Waals surface area (Å²) in [5, 5.41) is 9.43. The first-order chi connectivity index (χ1) is 9.32. The standard InChI is InChI=1S/C13H8BrF3O2S/c14-6-8-5-10(20-11(8)12(18)19)7-1-3-9(4-2-7)13(15,16)17/h1-5H,6H2,(H,18,19). The monoisotopic (exact) mass is 364 g/mol. The zero-order valence-electron chi connectivity index (χ0n) is 9.87. The molecular weight excluding hydrogens is 357 g/mol. The molecule has 0 amide bonds. The number of thiophene rings is 1. The van der Waals surface area contributed by atoms with E-state index in [2.05, 4.69) is 15.9 Å². The maximum Gasteiger partial charge on any atom is 0.416 e. The summed E-state index contributed by atoms with van der Waals surface area (Å²) in [6.07, 6.45) is -4.37. The van der Waals surface area contributed by atoms with Gasteiger partial charge in [-0.2, -0.15) is 13.2 Å². The van der Waals surface area contributed by atoms with E-state index in [4.69, 9.17) is 5.11 Å². The molecule has 0 radical (unpaired) electrons. The molecule has 0 aliphatic rings. The molecule has 0 bridgehead atoms. The molecule has 7 heteroatoms. The molecule has 2 nitrogen and oxygen atoms in total. The Morgan fingerprint density at radius 3 is 2.25 bits per heavy atom. The second-order valence-corrected chi connectivity index (χ2v) is 5.59. The molecule has 0 saturated carbocycles. The predicted molar refractivity (Wildman–Crippen MR) is 74.3 cm³/mol. The Labute approximate surface area is 125 Å². The summed E-state index contributed by atoms with van der Waals surface area (Å²) in [6.45, 7) is 0. The fourth-order valence-corrected chi connectivity index (χ4v) is 3.33. The fourth-order valence-electron chi connectivity index (χ4n) is 1.67. The van der Waals surface area contributed by atoms with Crippen molar-refractivity contribution in [2.45, 2.75) is 11.5 Å². The van der Waals surface area contributed by atoms with E-state index in [1.807, 2.05) is 0 Å². The van der Waals surface area contributed by atoms with E-state index in [1.165, 1.54) is 12.1 Å². The number of carboxylic acids is 1. The van der Waals surface area contributed by atoms with Gasteiger partial charge in [-0.15, -0.1) is 11.3 Å². The second-order valence-electron chi connectivity index (χ2n) is 3.98. The molecule has 0 aliphatic carbocycles. The van der Waals surface area contributed by atoms with Crippen molar-refractivity contribution in [3.8, 4) is 10.4 Å². The van der Waals surface area contributed by atoms with E-state index in [0.717, 1.165) is 23.5 Å². The van der Waals surface area contributed by atoms with Crippen LogP contribution in [0.15, 0.2) is 30.3 Å². The van der Waals surface area contributed by atoms with Crippen molar-refractivity contribution >= 4 is 33.2 Å². The number of carboxylic acid groups (broad SMARTS) is 1.